The van der Waals surface area contributed by atoms with Crippen molar-refractivity contribution >= 4 is 0 Å². The molecule has 0 heterocycles. The van der Waals surface area contributed by atoms with Crippen molar-refractivity contribution < 1.29 is 26.5 Å². The minimum atomic E-state index is 0. The standard InChI is InChI=1S/C11H21O.Ti/c1-4-5-6-7-8-9-10-12-11(2)3;/h9-11H,1,4-8H2,2-3H3;/q-1;. The molecule has 0 amide bonds. The largest absolute Gasteiger partial charge is 0.499 e. The van der Waals surface area contributed by atoms with Gasteiger partial charge in [0.1, 0.15) is 0 Å². The summed E-state index contributed by atoms with van der Waals surface area (Å²) in [4.78, 5) is 0. The van der Waals surface area contributed by atoms with Crippen molar-refractivity contribution in [1.29, 1.82) is 0 Å². The van der Waals surface area contributed by atoms with Gasteiger partial charge in [-0.05, 0) is 32.8 Å². The molecule has 76 valence electrons. The van der Waals surface area contributed by atoms with E-state index in [-0.39, 0.29) is 21.7 Å². The van der Waals surface area contributed by atoms with Crippen LogP contribution in [0.3, 0.4) is 0 Å². The van der Waals surface area contributed by atoms with Gasteiger partial charge in [0.25, 0.3) is 0 Å². The number of rotatable bonds is 7. The second-order valence-corrected chi connectivity index (χ2v) is 3.26. The fourth-order valence-corrected chi connectivity index (χ4v) is 0.896. The molecule has 0 aliphatic heterocycles. The van der Waals surface area contributed by atoms with Gasteiger partial charge in [0, 0.05) is 21.7 Å². The van der Waals surface area contributed by atoms with Crippen LogP contribution in [0.1, 0.15) is 46.0 Å². The molecule has 0 saturated heterocycles. The summed E-state index contributed by atoms with van der Waals surface area (Å²) in [6.07, 6.45) is 10.2. The van der Waals surface area contributed by atoms with Crippen LogP contribution < -0.4 is 0 Å². The van der Waals surface area contributed by atoms with Crippen LogP contribution in [-0.4, -0.2) is 6.10 Å². The summed E-state index contributed by atoms with van der Waals surface area (Å²) in [5, 5.41) is 0. The Balaban J connectivity index is 0. The average Bonchev–Trinajstić information content (AvgIpc) is 2.02. The molecule has 0 spiro atoms. The van der Waals surface area contributed by atoms with Gasteiger partial charge in [0.05, 0.1) is 12.4 Å². The molecule has 0 aliphatic rings. The van der Waals surface area contributed by atoms with E-state index in [4.69, 9.17) is 4.74 Å². The van der Waals surface area contributed by atoms with Crippen LogP contribution in [0.2, 0.25) is 0 Å². The van der Waals surface area contributed by atoms with E-state index in [9.17, 15) is 0 Å². The van der Waals surface area contributed by atoms with Crippen LogP contribution in [0.5, 0.6) is 0 Å². The number of ether oxygens (including phenoxy) is 1. The minimum absolute atomic E-state index is 0. The minimum Gasteiger partial charge on any atom is -0.499 e. The van der Waals surface area contributed by atoms with Crippen molar-refractivity contribution in [2.45, 2.75) is 52.1 Å². The molecular weight excluding hydrogens is 196 g/mol. The van der Waals surface area contributed by atoms with E-state index in [2.05, 4.69) is 13.0 Å². The maximum Gasteiger partial charge on any atom is 0.0922 e. The van der Waals surface area contributed by atoms with Crippen LogP contribution in [0.4, 0.5) is 0 Å². The average molecular weight is 217 g/mol. The maximum absolute atomic E-state index is 5.26. The van der Waals surface area contributed by atoms with Crippen molar-refractivity contribution in [3.8, 4) is 0 Å². The predicted octanol–water partition coefficient (Wildman–Crippen LogP) is 3.71. The molecule has 0 bridgehead atoms. The molecule has 0 aromatic carbocycles. The Morgan fingerprint density at radius 1 is 1.23 bits per heavy atom. The van der Waals surface area contributed by atoms with Gasteiger partial charge in [-0.2, -0.15) is 6.42 Å². The third-order valence-electron chi connectivity index (χ3n) is 1.57. The van der Waals surface area contributed by atoms with Crippen molar-refractivity contribution in [3.63, 3.8) is 0 Å². The summed E-state index contributed by atoms with van der Waals surface area (Å²) in [5.74, 6) is 0. The zero-order valence-corrected chi connectivity index (χ0v) is 10.4. The zero-order valence-electron chi connectivity index (χ0n) is 8.88. The Hall–Kier alpha value is 0.254. The van der Waals surface area contributed by atoms with E-state index in [1.807, 2.05) is 20.1 Å². The summed E-state index contributed by atoms with van der Waals surface area (Å²) < 4.78 is 5.26. The quantitative estimate of drug-likeness (QED) is 0.273. The summed E-state index contributed by atoms with van der Waals surface area (Å²) in [7, 11) is 0. The third-order valence-corrected chi connectivity index (χ3v) is 1.57. The molecule has 0 aromatic heterocycles. The van der Waals surface area contributed by atoms with Gasteiger partial charge in [-0.3, -0.25) is 0 Å². The first-order valence-corrected chi connectivity index (χ1v) is 4.87. The van der Waals surface area contributed by atoms with Gasteiger partial charge >= 0.3 is 0 Å². The SMILES string of the molecule is [CH2-]CCCCCC=COC(C)C.[Ti]. The Morgan fingerprint density at radius 2 is 1.92 bits per heavy atom. The van der Waals surface area contributed by atoms with Crippen molar-refractivity contribution in [2.75, 3.05) is 0 Å². The van der Waals surface area contributed by atoms with Gasteiger partial charge < -0.3 is 11.7 Å². The van der Waals surface area contributed by atoms with Crippen molar-refractivity contribution in [3.05, 3.63) is 19.3 Å². The summed E-state index contributed by atoms with van der Waals surface area (Å²) in [6, 6.07) is 0. The fourth-order valence-electron chi connectivity index (χ4n) is 0.896. The molecule has 0 atom stereocenters. The Kier molecular flexibility index (Phi) is 14.8. The zero-order chi connectivity index (χ0) is 9.23. The van der Waals surface area contributed by atoms with Gasteiger partial charge in [0.15, 0.2) is 0 Å². The first kappa shape index (κ1) is 15.7. The number of unbranched alkanes of at least 4 members (excludes halogenated alkanes) is 4. The molecule has 0 unspecified atom stereocenters. The first-order chi connectivity index (χ1) is 5.77. The summed E-state index contributed by atoms with van der Waals surface area (Å²) >= 11 is 0. The van der Waals surface area contributed by atoms with Crippen molar-refractivity contribution in [2.24, 2.45) is 0 Å². The number of hydrogen-bond donors (Lipinski definition) is 0. The molecule has 13 heavy (non-hydrogen) atoms. The number of allylic oxidation sites excluding steroid dienone is 1. The second kappa shape index (κ2) is 12.3. The molecule has 0 aliphatic carbocycles. The smallest absolute Gasteiger partial charge is 0.0922 e. The van der Waals surface area contributed by atoms with E-state index < -0.39 is 0 Å². The predicted molar refractivity (Wildman–Crippen MR) is 53.8 cm³/mol. The molecule has 0 fully saturated rings. The molecule has 0 aromatic rings. The van der Waals surface area contributed by atoms with Gasteiger partial charge in [-0.25, -0.2) is 0 Å². The van der Waals surface area contributed by atoms with Crippen molar-refractivity contribution in [1.82, 2.24) is 0 Å². The fraction of sp³-hybridized carbons (Fsp3) is 0.727. The van der Waals surface area contributed by atoms with Crippen LogP contribution in [-0.2, 0) is 26.5 Å². The van der Waals surface area contributed by atoms with E-state index in [0.717, 1.165) is 12.8 Å². The monoisotopic (exact) mass is 217 g/mol. The van der Waals surface area contributed by atoms with E-state index in [0.29, 0.717) is 6.10 Å². The molecule has 2 heteroatoms. The van der Waals surface area contributed by atoms with Crippen LogP contribution in [0.15, 0.2) is 12.3 Å². The van der Waals surface area contributed by atoms with Gasteiger partial charge in [-0.1, -0.05) is 12.8 Å². The molecule has 1 nitrogen and oxygen atoms in total. The molecular formula is C11H21OTi-. The Morgan fingerprint density at radius 3 is 2.46 bits per heavy atom. The third kappa shape index (κ3) is 15.0. The maximum atomic E-state index is 5.26. The molecule has 0 saturated carbocycles. The van der Waals surface area contributed by atoms with E-state index >= 15 is 0 Å². The van der Waals surface area contributed by atoms with Gasteiger partial charge in [0.2, 0.25) is 0 Å². The van der Waals surface area contributed by atoms with Crippen LogP contribution in [0, 0.1) is 6.92 Å². The summed E-state index contributed by atoms with van der Waals surface area (Å²) in [5.41, 5.74) is 0. The Labute approximate surface area is 97.8 Å². The summed E-state index contributed by atoms with van der Waals surface area (Å²) in [6.45, 7) is 7.87. The Bertz CT molecular complexity index is 111. The molecule has 0 rings (SSSR count). The van der Waals surface area contributed by atoms with Gasteiger partial charge in [-0.15, -0.1) is 0 Å². The molecule has 0 radical (unpaired) electrons. The second-order valence-electron chi connectivity index (χ2n) is 3.26. The van der Waals surface area contributed by atoms with E-state index in [1.54, 1.807) is 0 Å². The topological polar surface area (TPSA) is 9.23 Å². The van der Waals surface area contributed by atoms with E-state index in [1.165, 1.54) is 19.3 Å². The number of hydrogen-bond acceptors (Lipinski definition) is 1. The normalized spacial score (nSPS) is 10.5. The first-order valence-electron chi connectivity index (χ1n) is 4.87. The van der Waals surface area contributed by atoms with Crippen LogP contribution in [0.25, 0.3) is 0 Å². The van der Waals surface area contributed by atoms with Crippen LogP contribution >= 0.6 is 0 Å². The molecule has 0 N–H and O–H groups in total.